The fourth-order valence-corrected chi connectivity index (χ4v) is 6.16. The average molecular weight is 492 g/mol. The van der Waals surface area contributed by atoms with Gasteiger partial charge in [0.2, 0.25) is 0 Å². The number of nitrogens with one attached hydrogen (secondary N) is 1. The third kappa shape index (κ3) is 4.50. The highest BCUT2D eigenvalue weighted by Gasteiger charge is 2.46. The third-order valence-corrected chi connectivity index (χ3v) is 8.28. The molecule has 1 amide bonds. The number of carbonyl (C=O) groups excluding carboxylic acids is 1. The summed E-state index contributed by atoms with van der Waals surface area (Å²) < 4.78 is 30.7. The van der Waals surface area contributed by atoms with Crippen molar-refractivity contribution in [1.82, 2.24) is 20.2 Å². The van der Waals surface area contributed by atoms with Gasteiger partial charge in [-0.15, -0.1) is 11.3 Å². The smallest absolute Gasteiger partial charge is 0.269 e. The van der Waals surface area contributed by atoms with Gasteiger partial charge in [-0.05, 0) is 44.2 Å². The van der Waals surface area contributed by atoms with E-state index in [-0.39, 0.29) is 12.5 Å². The van der Waals surface area contributed by atoms with Crippen LogP contribution in [0.3, 0.4) is 0 Å². The van der Waals surface area contributed by atoms with Gasteiger partial charge in [-0.2, -0.15) is 5.10 Å². The molecule has 2 atom stereocenters. The second kappa shape index (κ2) is 9.39. The highest BCUT2D eigenvalue weighted by Crippen LogP contribution is 2.37. The van der Waals surface area contributed by atoms with E-state index in [1.54, 1.807) is 12.3 Å². The van der Waals surface area contributed by atoms with Gasteiger partial charge in [-0.25, -0.2) is 18.5 Å². The molecule has 0 radical (unpaired) electrons. The molecule has 3 heterocycles. The van der Waals surface area contributed by atoms with Crippen LogP contribution in [0.4, 0.5) is 8.78 Å². The van der Waals surface area contributed by atoms with E-state index in [9.17, 15) is 13.6 Å². The standard InChI is InChI=1S/C24H31F2N5O2S/c1-2-20-16(12-21(34-20)23(32)29-22-18(27)8-5-10-24(22,25)26)17-13-28-31-14-30(11-9-19(17)31)33-15-6-3-4-7-15/h9,11-13,15,18,22H,2-8,10,14,27H2,1H3,(H,29,32). The predicted octanol–water partition coefficient (Wildman–Crippen LogP) is 4.54. The number of rotatable bonds is 6. The molecule has 3 N–H and O–H groups in total. The molecular weight excluding hydrogens is 460 g/mol. The second-order valence-corrected chi connectivity index (χ2v) is 10.5. The SMILES string of the molecule is CCc1sc(C(=O)NC2C(N)CCCC2(F)F)cc1-c1cnn2c1C=CN(OC1CCCC1)C2. The summed E-state index contributed by atoms with van der Waals surface area (Å²) in [6.07, 6.45) is 11.8. The van der Waals surface area contributed by atoms with Crippen LogP contribution in [0.2, 0.25) is 0 Å². The summed E-state index contributed by atoms with van der Waals surface area (Å²) in [5.41, 5.74) is 8.70. The van der Waals surface area contributed by atoms with Gasteiger partial charge < -0.3 is 11.1 Å². The number of nitrogens with two attached hydrogens (primary N) is 1. The maximum atomic E-state index is 14.4. The van der Waals surface area contributed by atoms with E-state index in [1.807, 2.05) is 28.9 Å². The lowest BCUT2D eigenvalue weighted by Crippen LogP contribution is -2.59. The van der Waals surface area contributed by atoms with Crippen LogP contribution in [0.1, 0.15) is 72.1 Å². The fourth-order valence-electron chi connectivity index (χ4n) is 5.14. The minimum Gasteiger partial charge on any atom is -0.341 e. The number of hydroxylamine groups is 2. The van der Waals surface area contributed by atoms with E-state index in [0.717, 1.165) is 41.0 Å². The summed E-state index contributed by atoms with van der Waals surface area (Å²) in [7, 11) is 0. The van der Waals surface area contributed by atoms with Gasteiger partial charge in [0, 0.05) is 34.7 Å². The molecule has 2 unspecified atom stereocenters. The van der Waals surface area contributed by atoms with Crippen LogP contribution in [-0.4, -0.2) is 44.9 Å². The molecule has 7 nitrogen and oxygen atoms in total. The molecule has 184 valence electrons. The van der Waals surface area contributed by atoms with Crippen LogP contribution in [0.15, 0.2) is 18.5 Å². The van der Waals surface area contributed by atoms with Crippen molar-refractivity contribution in [2.45, 2.75) is 89.1 Å². The molecule has 3 aliphatic rings. The van der Waals surface area contributed by atoms with Crippen LogP contribution >= 0.6 is 11.3 Å². The molecule has 2 saturated carbocycles. The van der Waals surface area contributed by atoms with Gasteiger partial charge in [-0.1, -0.05) is 19.8 Å². The maximum Gasteiger partial charge on any atom is 0.269 e. The van der Waals surface area contributed by atoms with Crippen molar-refractivity contribution >= 4 is 23.3 Å². The molecule has 0 saturated heterocycles. The zero-order chi connectivity index (χ0) is 23.9. The first-order valence-corrected chi connectivity index (χ1v) is 12.9. The predicted molar refractivity (Wildman–Crippen MR) is 127 cm³/mol. The highest BCUT2D eigenvalue weighted by atomic mass is 32.1. The van der Waals surface area contributed by atoms with Crippen molar-refractivity contribution in [3.8, 4) is 11.1 Å². The number of aromatic nitrogens is 2. The largest absolute Gasteiger partial charge is 0.341 e. The lowest BCUT2D eigenvalue weighted by molar-refractivity contribution is -0.182. The van der Waals surface area contributed by atoms with E-state index in [2.05, 4.69) is 10.4 Å². The molecule has 34 heavy (non-hydrogen) atoms. The fraction of sp³-hybridized carbons (Fsp3) is 0.583. The first-order chi connectivity index (χ1) is 16.4. The number of aryl methyl sites for hydroxylation is 1. The molecule has 2 aliphatic carbocycles. The van der Waals surface area contributed by atoms with Gasteiger partial charge in [0.25, 0.3) is 11.8 Å². The lowest BCUT2D eigenvalue weighted by Gasteiger charge is -2.36. The Morgan fingerprint density at radius 1 is 1.29 bits per heavy atom. The van der Waals surface area contributed by atoms with Crippen molar-refractivity contribution in [2.75, 3.05) is 0 Å². The van der Waals surface area contributed by atoms with E-state index in [0.29, 0.717) is 24.4 Å². The minimum absolute atomic E-state index is 0.252. The summed E-state index contributed by atoms with van der Waals surface area (Å²) in [6.45, 7) is 2.51. The number of alkyl halides is 2. The molecule has 10 heteroatoms. The molecule has 0 bridgehead atoms. The van der Waals surface area contributed by atoms with Crippen molar-refractivity contribution < 1.29 is 18.4 Å². The molecule has 5 rings (SSSR count). The lowest BCUT2D eigenvalue weighted by atomic mass is 9.87. The number of hydrogen-bond acceptors (Lipinski definition) is 6. The minimum atomic E-state index is -3.00. The Hall–Kier alpha value is -2.30. The quantitative estimate of drug-likeness (QED) is 0.620. The van der Waals surface area contributed by atoms with Gasteiger partial charge in [-0.3, -0.25) is 9.63 Å². The first-order valence-electron chi connectivity index (χ1n) is 12.1. The van der Waals surface area contributed by atoms with Crippen LogP contribution < -0.4 is 11.1 Å². The van der Waals surface area contributed by atoms with Crippen LogP contribution in [0.25, 0.3) is 17.2 Å². The van der Waals surface area contributed by atoms with Crippen molar-refractivity contribution in [2.24, 2.45) is 5.73 Å². The molecule has 0 aromatic carbocycles. The Labute approximate surface area is 201 Å². The number of hydrogen-bond donors (Lipinski definition) is 2. The Balaban J connectivity index is 1.35. The highest BCUT2D eigenvalue weighted by molar-refractivity contribution is 7.14. The normalized spacial score (nSPS) is 24.4. The second-order valence-electron chi connectivity index (χ2n) is 9.40. The maximum absolute atomic E-state index is 14.4. The molecule has 2 fully saturated rings. The van der Waals surface area contributed by atoms with E-state index in [4.69, 9.17) is 10.6 Å². The summed E-state index contributed by atoms with van der Waals surface area (Å²) in [5.74, 6) is -3.50. The van der Waals surface area contributed by atoms with Gasteiger partial charge in [0.05, 0.1) is 22.9 Å². The zero-order valence-electron chi connectivity index (χ0n) is 19.3. The van der Waals surface area contributed by atoms with E-state index >= 15 is 0 Å². The molecular formula is C24H31F2N5O2S. The number of carbonyl (C=O) groups is 1. The first kappa shape index (κ1) is 23.4. The van der Waals surface area contributed by atoms with Gasteiger partial charge >= 0.3 is 0 Å². The van der Waals surface area contributed by atoms with E-state index in [1.165, 1.54) is 24.2 Å². The van der Waals surface area contributed by atoms with Crippen molar-refractivity contribution in [1.29, 1.82) is 0 Å². The Morgan fingerprint density at radius 2 is 2.09 bits per heavy atom. The van der Waals surface area contributed by atoms with Gasteiger partial charge in [0.1, 0.15) is 12.7 Å². The summed E-state index contributed by atoms with van der Waals surface area (Å²) in [4.78, 5) is 20.4. The molecule has 2 aromatic rings. The molecule has 2 aromatic heterocycles. The van der Waals surface area contributed by atoms with Crippen LogP contribution in [-0.2, 0) is 17.9 Å². The van der Waals surface area contributed by atoms with Crippen LogP contribution in [0, 0.1) is 0 Å². The van der Waals surface area contributed by atoms with Crippen molar-refractivity contribution in [3.05, 3.63) is 33.9 Å². The Morgan fingerprint density at radius 3 is 2.82 bits per heavy atom. The number of halogens is 2. The molecule has 1 aliphatic heterocycles. The number of thiophene rings is 1. The van der Waals surface area contributed by atoms with Crippen LogP contribution in [0.5, 0.6) is 0 Å². The van der Waals surface area contributed by atoms with Crippen molar-refractivity contribution in [3.63, 3.8) is 0 Å². The zero-order valence-corrected chi connectivity index (χ0v) is 20.1. The number of fused-ring (bicyclic) bond motifs is 1. The number of amides is 1. The monoisotopic (exact) mass is 491 g/mol. The summed E-state index contributed by atoms with van der Waals surface area (Å²) >= 11 is 1.33. The van der Waals surface area contributed by atoms with Gasteiger partial charge in [0.15, 0.2) is 0 Å². The summed E-state index contributed by atoms with van der Waals surface area (Å²) in [5, 5.41) is 8.89. The summed E-state index contributed by atoms with van der Waals surface area (Å²) in [6, 6.07) is -0.305. The number of nitrogens with zero attached hydrogens (tertiary/aromatic N) is 3. The van der Waals surface area contributed by atoms with E-state index < -0.39 is 23.9 Å². The Bertz CT molecular complexity index is 1080. The average Bonchev–Trinajstić information content (AvgIpc) is 3.55. The molecule has 0 spiro atoms. The topological polar surface area (TPSA) is 85.4 Å². The Kier molecular flexibility index (Phi) is 6.47. The third-order valence-electron chi connectivity index (χ3n) is 7.00.